The third-order valence-corrected chi connectivity index (χ3v) is 5.49. The number of carbonyl (C=O) groups is 1. The number of likely N-dealkylation sites (N-methyl/N-ethyl adjacent to an activating group) is 1. The molecule has 4 nitrogen and oxygen atoms in total. The summed E-state index contributed by atoms with van der Waals surface area (Å²) >= 11 is 10.8. The number of furan rings is 1. The zero-order valence-electron chi connectivity index (χ0n) is 13.8. The van der Waals surface area contributed by atoms with E-state index in [2.05, 4.69) is 15.9 Å². The minimum Gasteiger partial charge on any atom is -0.449 e. The number of halogens is 2. The number of nitrogens with zero attached hydrogens (tertiary/aromatic N) is 2. The van der Waals surface area contributed by atoms with Crippen LogP contribution in [0.25, 0.3) is 6.08 Å². The van der Waals surface area contributed by atoms with Crippen molar-refractivity contribution in [3.8, 4) is 6.07 Å². The molecule has 7 heteroatoms. The smallest absolute Gasteiger partial charge is 0.264 e. The Morgan fingerprint density at radius 2 is 2.00 bits per heavy atom. The number of hydrogen-bond acceptors (Lipinski definition) is 4. The Balaban J connectivity index is 2.24. The zero-order chi connectivity index (χ0) is 18.4. The van der Waals surface area contributed by atoms with Gasteiger partial charge in [-0.1, -0.05) is 23.4 Å². The predicted octanol–water partition coefficient (Wildman–Crippen LogP) is 5.62. The molecule has 0 aliphatic heterocycles. The Hall–Kier alpha value is -1.68. The molecule has 0 unspecified atom stereocenters. The van der Waals surface area contributed by atoms with Crippen molar-refractivity contribution in [2.75, 3.05) is 13.1 Å². The van der Waals surface area contributed by atoms with Gasteiger partial charge in [-0.2, -0.15) is 5.26 Å². The van der Waals surface area contributed by atoms with Crippen molar-refractivity contribution in [1.29, 1.82) is 5.26 Å². The Kier molecular flexibility index (Phi) is 7.18. The fourth-order valence-corrected chi connectivity index (χ4v) is 3.54. The van der Waals surface area contributed by atoms with Crippen LogP contribution >= 0.6 is 39.3 Å². The molecule has 1 aromatic heterocycles. The maximum atomic E-state index is 12.3. The van der Waals surface area contributed by atoms with E-state index >= 15 is 0 Å². The highest BCUT2D eigenvalue weighted by molar-refractivity contribution is 9.10. The summed E-state index contributed by atoms with van der Waals surface area (Å²) in [5.41, 5.74) is 0.0491. The van der Waals surface area contributed by atoms with E-state index in [-0.39, 0.29) is 11.5 Å². The average Bonchev–Trinajstić information content (AvgIpc) is 2.95. The lowest BCUT2D eigenvalue weighted by atomic mass is 10.2. The lowest BCUT2D eigenvalue weighted by Gasteiger charge is -2.17. The van der Waals surface area contributed by atoms with E-state index in [0.717, 1.165) is 9.37 Å². The molecule has 1 amide bonds. The first kappa shape index (κ1) is 19.6. The Morgan fingerprint density at radius 3 is 2.56 bits per heavy atom. The number of benzene rings is 1. The predicted molar refractivity (Wildman–Crippen MR) is 104 cm³/mol. The van der Waals surface area contributed by atoms with Crippen LogP contribution < -0.4 is 0 Å². The van der Waals surface area contributed by atoms with E-state index < -0.39 is 0 Å². The van der Waals surface area contributed by atoms with Crippen molar-refractivity contribution < 1.29 is 9.21 Å². The Morgan fingerprint density at radius 1 is 1.36 bits per heavy atom. The van der Waals surface area contributed by atoms with Crippen LogP contribution in [0.2, 0.25) is 5.02 Å². The van der Waals surface area contributed by atoms with Crippen LogP contribution in [0.1, 0.15) is 19.6 Å². The zero-order valence-corrected chi connectivity index (χ0v) is 16.9. The number of carbonyl (C=O) groups excluding carboxylic acids is 1. The summed E-state index contributed by atoms with van der Waals surface area (Å²) in [4.78, 5) is 14.9. The van der Waals surface area contributed by atoms with Crippen molar-refractivity contribution in [3.05, 3.63) is 51.2 Å². The third kappa shape index (κ3) is 5.15. The molecule has 0 aliphatic carbocycles. The first-order valence-electron chi connectivity index (χ1n) is 7.62. The summed E-state index contributed by atoms with van der Waals surface area (Å²) < 4.78 is 6.52. The van der Waals surface area contributed by atoms with Gasteiger partial charge in [0.2, 0.25) is 0 Å². The van der Waals surface area contributed by atoms with E-state index in [1.54, 1.807) is 23.1 Å². The van der Waals surface area contributed by atoms with Crippen molar-refractivity contribution in [2.24, 2.45) is 0 Å². The highest BCUT2D eigenvalue weighted by Crippen LogP contribution is 2.36. The van der Waals surface area contributed by atoms with Gasteiger partial charge in [-0.3, -0.25) is 4.79 Å². The SMILES string of the molecule is CCN(CC)C(=O)/C(C#N)=C\c1cc(Br)c(Sc2ccc(Cl)cc2)o1. The first-order valence-corrected chi connectivity index (χ1v) is 9.61. The maximum Gasteiger partial charge on any atom is 0.264 e. The minimum absolute atomic E-state index is 0.0491. The molecular weight excluding hydrogens is 424 g/mol. The van der Waals surface area contributed by atoms with Crippen LogP contribution in [-0.4, -0.2) is 23.9 Å². The van der Waals surface area contributed by atoms with Gasteiger partial charge in [0, 0.05) is 29.1 Å². The first-order chi connectivity index (χ1) is 12.0. The molecule has 0 aliphatic rings. The molecule has 0 spiro atoms. The van der Waals surface area contributed by atoms with Gasteiger partial charge in [-0.25, -0.2) is 0 Å². The Bertz CT molecular complexity index is 821. The molecule has 25 heavy (non-hydrogen) atoms. The van der Waals surface area contributed by atoms with E-state index in [0.29, 0.717) is 29.0 Å². The summed E-state index contributed by atoms with van der Waals surface area (Å²) in [5, 5.41) is 10.6. The van der Waals surface area contributed by atoms with E-state index in [1.807, 2.05) is 32.0 Å². The fraction of sp³-hybridized carbons (Fsp3) is 0.222. The lowest BCUT2D eigenvalue weighted by molar-refractivity contribution is -0.126. The minimum atomic E-state index is -0.299. The number of rotatable bonds is 6. The normalized spacial score (nSPS) is 11.2. The second-order valence-corrected chi connectivity index (χ2v) is 7.32. The summed E-state index contributed by atoms with van der Waals surface area (Å²) in [5.74, 6) is 0.146. The van der Waals surface area contributed by atoms with E-state index in [1.165, 1.54) is 17.8 Å². The van der Waals surface area contributed by atoms with Gasteiger partial charge in [-0.05, 0) is 60.1 Å². The molecule has 1 aromatic carbocycles. The van der Waals surface area contributed by atoms with Crippen LogP contribution in [0.3, 0.4) is 0 Å². The summed E-state index contributed by atoms with van der Waals surface area (Å²) in [7, 11) is 0. The van der Waals surface area contributed by atoms with Crippen LogP contribution in [0.4, 0.5) is 0 Å². The van der Waals surface area contributed by atoms with Crippen LogP contribution in [0, 0.1) is 11.3 Å². The maximum absolute atomic E-state index is 12.3. The molecular formula is C18H16BrClN2O2S. The summed E-state index contributed by atoms with van der Waals surface area (Å²) in [6.07, 6.45) is 1.47. The number of nitriles is 1. The standard InChI is InChI=1S/C18H16BrClN2O2S/c1-3-22(4-2)17(23)12(11-21)9-14-10-16(19)18(24-14)25-15-7-5-13(20)6-8-15/h5-10H,3-4H2,1-2H3/b12-9-. The molecule has 0 atom stereocenters. The summed E-state index contributed by atoms with van der Waals surface area (Å²) in [6.45, 7) is 4.85. The van der Waals surface area contributed by atoms with Gasteiger partial charge < -0.3 is 9.32 Å². The number of amides is 1. The van der Waals surface area contributed by atoms with Crippen molar-refractivity contribution in [2.45, 2.75) is 23.8 Å². The van der Waals surface area contributed by atoms with Gasteiger partial charge in [-0.15, -0.1) is 0 Å². The van der Waals surface area contributed by atoms with Gasteiger partial charge >= 0.3 is 0 Å². The monoisotopic (exact) mass is 438 g/mol. The molecule has 0 saturated heterocycles. The fourth-order valence-electron chi connectivity index (χ4n) is 2.08. The molecule has 2 rings (SSSR count). The largest absolute Gasteiger partial charge is 0.449 e. The quantitative estimate of drug-likeness (QED) is 0.433. The third-order valence-electron chi connectivity index (χ3n) is 3.39. The van der Waals surface area contributed by atoms with Crippen molar-refractivity contribution in [3.63, 3.8) is 0 Å². The average molecular weight is 440 g/mol. The molecule has 0 N–H and O–H groups in total. The van der Waals surface area contributed by atoms with Gasteiger partial charge in [0.1, 0.15) is 17.4 Å². The molecule has 1 heterocycles. The number of hydrogen-bond donors (Lipinski definition) is 0. The molecule has 0 radical (unpaired) electrons. The highest BCUT2D eigenvalue weighted by atomic mass is 79.9. The van der Waals surface area contributed by atoms with Crippen LogP contribution in [0.5, 0.6) is 0 Å². The highest BCUT2D eigenvalue weighted by Gasteiger charge is 2.17. The summed E-state index contributed by atoms with van der Waals surface area (Å²) in [6, 6.07) is 11.1. The van der Waals surface area contributed by atoms with Gasteiger partial charge in [0.05, 0.1) is 4.47 Å². The van der Waals surface area contributed by atoms with Crippen LogP contribution in [0.15, 0.2) is 54.8 Å². The van der Waals surface area contributed by atoms with Crippen LogP contribution in [-0.2, 0) is 4.79 Å². The molecule has 130 valence electrons. The lowest BCUT2D eigenvalue weighted by Crippen LogP contribution is -2.31. The second kappa shape index (κ2) is 9.14. The van der Waals surface area contributed by atoms with Gasteiger partial charge in [0.25, 0.3) is 5.91 Å². The molecule has 2 aromatic rings. The van der Waals surface area contributed by atoms with E-state index in [9.17, 15) is 10.1 Å². The molecule has 0 bridgehead atoms. The second-order valence-electron chi connectivity index (χ2n) is 4.99. The topological polar surface area (TPSA) is 57.2 Å². The molecule has 0 fully saturated rings. The van der Waals surface area contributed by atoms with Gasteiger partial charge in [0.15, 0.2) is 5.09 Å². The van der Waals surface area contributed by atoms with E-state index in [4.69, 9.17) is 16.0 Å². The molecule has 0 saturated carbocycles. The van der Waals surface area contributed by atoms with Crippen molar-refractivity contribution in [1.82, 2.24) is 4.90 Å². The Labute approximate surface area is 164 Å². The van der Waals surface area contributed by atoms with Crippen molar-refractivity contribution >= 4 is 51.3 Å².